The molecule has 0 aliphatic heterocycles. The molecular formula is C55H92O6. The van der Waals surface area contributed by atoms with Crippen molar-refractivity contribution in [3.8, 4) is 0 Å². The number of ether oxygens (including phenoxy) is 3. The molecule has 6 heteroatoms. The van der Waals surface area contributed by atoms with Gasteiger partial charge in [-0.2, -0.15) is 0 Å². The van der Waals surface area contributed by atoms with Crippen LogP contribution in [0.2, 0.25) is 0 Å². The Bertz CT molecular complexity index is 1200. The maximum absolute atomic E-state index is 12.6. The third-order valence-electron chi connectivity index (χ3n) is 10.4. The van der Waals surface area contributed by atoms with Gasteiger partial charge in [-0.1, -0.05) is 209 Å². The fourth-order valence-electron chi connectivity index (χ4n) is 6.64. The van der Waals surface area contributed by atoms with E-state index in [1.165, 1.54) is 89.9 Å². The maximum atomic E-state index is 12.6. The number of rotatable bonds is 44. The summed E-state index contributed by atoms with van der Waals surface area (Å²) in [4.78, 5) is 37.5. The number of esters is 3. The Morgan fingerprint density at radius 1 is 0.344 bits per heavy atom. The SMILES string of the molecule is CC/C=C\C/C=C\C/C=C\C/C=C\CCC(=O)OC(COC(=O)CCCCCCC)COC(=O)CCCCCCCCCCCC/C=C\C/C=C\C/C=C\CCCCCCC. The van der Waals surface area contributed by atoms with E-state index in [0.717, 1.165) is 89.9 Å². The molecule has 6 nitrogen and oxygen atoms in total. The highest BCUT2D eigenvalue weighted by atomic mass is 16.6. The summed E-state index contributed by atoms with van der Waals surface area (Å²) in [6.07, 6.45) is 63.4. The van der Waals surface area contributed by atoms with Gasteiger partial charge in [0.15, 0.2) is 6.10 Å². The lowest BCUT2D eigenvalue weighted by Gasteiger charge is -2.18. The molecule has 61 heavy (non-hydrogen) atoms. The maximum Gasteiger partial charge on any atom is 0.306 e. The van der Waals surface area contributed by atoms with Gasteiger partial charge in [-0.15, -0.1) is 0 Å². The van der Waals surface area contributed by atoms with Gasteiger partial charge in [-0.05, 0) is 83.5 Å². The Labute approximate surface area is 375 Å². The zero-order valence-corrected chi connectivity index (χ0v) is 39.7. The number of carbonyl (C=O) groups excluding carboxylic acids is 3. The fourth-order valence-corrected chi connectivity index (χ4v) is 6.64. The van der Waals surface area contributed by atoms with Gasteiger partial charge in [0, 0.05) is 19.3 Å². The van der Waals surface area contributed by atoms with Crippen LogP contribution in [0.3, 0.4) is 0 Å². The average molecular weight is 849 g/mol. The third-order valence-corrected chi connectivity index (χ3v) is 10.4. The van der Waals surface area contributed by atoms with Gasteiger partial charge < -0.3 is 14.2 Å². The number of unbranched alkanes of at least 4 members (excludes halogenated alkanes) is 19. The van der Waals surface area contributed by atoms with Crippen molar-refractivity contribution in [1.82, 2.24) is 0 Å². The molecule has 0 rings (SSSR count). The number of carbonyl (C=O) groups is 3. The second-order valence-electron chi connectivity index (χ2n) is 16.3. The average Bonchev–Trinajstić information content (AvgIpc) is 3.26. The van der Waals surface area contributed by atoms with Crippen LogP contribution in [-0.4, -0.2) is 37.2 Å². The van der Waals surface area contributed by atoms with Crippen molar-refractivity contribution in [2.24, 2.45) is 0 Å². The molecule has 0 aromatic heterocycles. The van der Waals surface area contributed by atoms with Gasteiger partial charge in [0.2, 0.25) is 0 Å². The molecule has 0 fully saturated rings. The minimum absolute atomic E-state index is 0.108. The van der Waals surface area contributed by atoms with Crippen LogP contribution in [0, 0.1) is 0 Å². The second-order valence-corrected chi connectivity index (χ2v) is 16.3. The van der Waals surface area contributed by atoms with Crippen molar-refractivity contribution >= 4 is 17.9 Å². The van der Waals surface area contributed by atoms with Gasteiger partial charge >= 0.3 is 17.9 Å². The summed E-state index contributed by atoms with van der Waals surface area (Å²) >= 11 is 0. The van der Waals surface area contributed by atoms with Crippen molar-refractivity contribution in [3.05, 3.63) is 85.1 Å². The third kappa shape index (κ3) is 47.5. The molecule has 1 unspecified atom stereocenters. The van der Waals surface area contributed by atoms with Crippen molar-refractivity contribution in [2.75, 3.05) is 13.2 Å². The first-order valence-electron chi connectivity index (χ1n) is 25.1. The van der Waals surface area contributed by atoms with Crippen molar-refractivity contribution in [1.29, 1.82) is 0 Å². The lowest BCUT2D eigenvalue weighted by atomic mass is 10.1. The standard InChI is InChI=1S/C55H92O6/c1-4-7-10-13-15-17-19-21-22-23-24-25-26-27-28-29-30-31-32-34-35-37-39-42-45-48-54(57)60-51-52(50-59-53(56)47-44-41-12-9-6-3)61-55(58)49-46-43-40-38-36-33-20-18-16-14-11-8-5-2/h8,11,16,18-19,21,23-24,26-27,33,36,40,43,52H,4-7,9-10,12-15,17,20,22,25,28-32,34-35,37-39,41-42,44-51H2,1-3H3/b11-8-,18-16-,21-19-,24-23-,27-26-,36-33-,43-40-. The summed E-state index contributed by atoms with van der Waals surface area (Å²) in [5.74, 6) is -1.01. The van der Waals surface area contributed by atoms with Gasteiger partial charge in [-0.25, -0.2) is 0 Å². The molecule has 0 aliphatic rings. The molecule has 0 heterocycles. The van der Waals surface area contributed by atoms with Crippen LogP contribution in [0.25, 0.3) is 0 Å². The summed E-state index contributed by atoms with van der Waals surface area (Å²) in [6.45, 7) is 6.34. The lowest BCUT2D eigenvalue weighted by Crippen LogP contribution is -2.30. The highest BCUT2D eigenvalue weighted by Crippen LogP contribution is 2.14. The van der Waals surface area contributed by atoms with E-state index >= 15 is 0 Å². The quantitative estimate of drug-likeness (QED) is 0.0263. The molecule has 0 aromatic rings. The van der Waals surface area contributed by atoms with Crippen LogP contribution in [0.15, 0.2) is 85.1 Å². The van der Waals surface area contributed by atoms with E-state index in [1.54, 1.807) is 0 Å². The molecule has 0 saturated carbocycles. The summed E-state index contributed by atoms with van der Waals surface area (Å²) in [5, 5.41) is 0. The largest absolute Gasteiger partial charge is 0.462 e. The summed E-state index contributed by atoms with van der Waals surface area (Å²) < 4.78 is 16.5. The van der Waals surface area contributed by atoms with E-state index in [4.69, 9.17) is 14.2 Å². The lowest BCUT2D eigenvalue weighted by molar-refractivity contribution is -0.166. The van der Waals surface area contributed by atoms with Crippen molar-refractivity contribution in [3.63, 3.8) is 0 Å². The number of hydrogen-bond donors (Lipinski definition) is 0. The molecule has 0 spiro atoms. The van der Waals surface area contributed by atoms with Gasteiger partial charge in [-0.3, -0.25) is 14.4 Å². The van der Waals surface area contributed by atoms with Crippen LogP contribution in [0.5, 0.6) is 0 Å². The van der Waals surface area contributed by atoms with E-state index in [1.807, 2.05) is 12.2 Å². The molecule has 0 radical (unpaired) electrons. The van der Waals surface area contributed by atoms with Crippen LogP contribution >= 0.6 is 0 Å². The normalized spacial score (nSPS) is 12.8. The molecule has 0 aromatic carbocycles. The Morgan fingerprint density at radius 3 is 1.07 bits per heavy atom. The molecular weight excluding hydrogens is 757 g/mol. The van der Waals surface area contributed by atoms with E-state index in [2.05, 4.69) is 93.7 Å². The van der Waals surface area contributed by atoms with Crippen molar-refractivity contribution in [2.45, 2.75) is 232 Å². The van der Waals surface area contributed by atoms with E-state index < -0.39 is 12.1 Å². The first-order chi connectivity index (χ1) is 30.0. The minimum atomic E-state index is -0.811. The zero-order valence-electron chi connectivity index (χ0n) is 39.7. The van der Waals surface area contributed by atoms with Crippen LogP contribution in [-0.2, 0) is 28.6 Å². The zero-order chi connectivity index (χ0) is 44.4. The van der Waals surface area contributed by atoms with Gasteiger partial charge in [0.05, 0.1) is 0 Å². The van der Waals surface area contributed by atoms with Crippen LogP contribution in [0.1, 0.15) is 226 Å². The summed E-state index contributed by atoms with van der Waals surface area (Å²) in [5.41, 5.74) is 0. The highest BCUT2D eigenvalue weighted by molar-refractivity contribution is 5.71. The molecule has 0 bridgehead atoms. The highest BCUT2D eigenvalue weighted by Gasteiger charge is 2.19. The molecule has 0 amide bonds. The predicted octanol–water partition coefficient (Wildman–Crippen LogP) is 16.4. The smallest absolute Gasteiger partial charge is 0.306 e. The Balaban J connectivity index is 4.16. The minimum Gasteiger partial charge on any atom is -0.462 e. The molecule has 0 aliphatic carbocycles. The predicted molar refractivity (Wildman–Crippen MR) is 261 cm³/mol. The van der Waals surface area contributed by atoms with Gasteiger partial charge in [0.1, 0.15) is 13.2 Å². The molecule has 1 atom stereocenters. The van der Waals surface area contributed by atoms with Crippen LogP contribution in [0.4, 0.5) is 0 Å². The van der Waals surface area contributed by atoms with E-state index in [9.17, 15) is 14.4 Å². The Hall–Kier alpha value is -3.41. The fraction of sp³-hybridized carbons (Fsp3) is 0.691. The van der Waals surface area contributed by atoms with E-state index in [0.29, 0.717) is 19.3 Å². The number of hydrogen-bond acceptors (Lipinski definition) is 6. The topological polar surface area (TPSA) is 78.9 Å². The van der Waals surface area contributed by atoms with E-state index in [-0.39, 0.29) is 31.6 Å². The second kappa shape index (κ2) is 49.2. The Morgan fingerprint density at radius 2 is 0.672 bits per heavy atom. The molecule has 0 N–H and O–H groups in total. The summed E-state index contributed by atoms with van der Waals surface area (Å²) in [7, 11) is 0. The van der Waals surface area contributed by atoms with Crippen molar-refractivity contribution < 1.29 is 28.6 Å². The monoisotopic (exact) mass is 849 g/mol. The first kappa shape index (κ1) is 57.6. The Kier molecular flexibility index (Phi) is 46.5. The first-order valence-corrected chi connectivity index (χ1v) is 25.1. The van der Waals surface area contributed by atoms with Crippen LogP contribution < -0.4 is 0 Å². The number of allylic oxidation sites excluding steroid dienone is 14. The van der Waals surface area contributed by atoms with Gasteiger partial charge in [0.25, 0.3) is 0 Å². The molecule has 0 saturated heterocycles. The molecule has 348 valence electrons. The summed E-state index contributed by atoms with van der Waals surface area (Å²) in [6, 6.07) is 0.